The Kier molecular flexibility index (Phi) is 8.42. The summed E-state index contributed by atoms with van der Waals surface area (Å²) in [6.07, 6.45) is -0.931. The Morgan fingerprint density at radius 3 is 2.39 bits per heavy atom. The van der Waals surface area contributed by atoms with E-state index in [0.717, 1.165) is 5.56 Å². The van der Waals surface area contributed by atoms with E-state index in [1.807, 2.05) is 30.3 Å². The van der Waals surface area contributed by atoms with E-state index in [4.69, 9.17) is 5.11 Å². The molecule has 0 radical (unpaired) electrons. The third-order valence-electron chi connectivity index (χ3n) is 4.13. The second-order valence-corrected chi connectivity index (χ2v) is 7.21. The summed E-state index contributed by atoms with van der Waals surface area (Å²) < 4.78 is 0. The van der Waals surface area contributed by atoms with Crippen molar-refractivity contribution in [2.45, 2.75) is 17.5 Å². The number of nitrogens with one attached hydrogen (secondary N) is 2. The highest BCUT2D eigenvalue weighted by atomic mass is 32.2. The highest BCUT2D eigenvalue weighted by Crippen LogP contribution is 2.15. The third kappa shape index (κ3) is 7.00. The van der Waals surface area contributed by atoms with Crippen molar-refractivity contribution >= 4 is 29.8 Å². The number of carbonyl (C=O) groups excluding carboxylic acids is 2. The lowest BCUT2D eigenvalue weighted by Crippen LogP contribution is -2.53. The van der Waals surface area contributed by atoms with Crippen LogP contribution in [-0.2, 0) is 10.5 Å². The van der Waals surface area contributed by atoms with E-state index in [2.05, 4.69) is 16.7 Å². The fraction of sp³-hybridized carbons (Fsp3) is 0.444. The Labute approximate surface area is 167 Å². The fourth-order valence-corrected chi connectivity index (χ4v) is 3.42. The highest BCUT2D eigenvalue weighted by molar-refractivity contribution is 7.99. The number of carbonyl (C=O) groups is 3. The molecule has 1 heterocycles. The molecule has 1 aliphatic rings. The summed E-state index contributed by atoms with van der Waals surface area (Å²) >= 11 is 1.33. The fourth-order valence-electron chi connectivity index (χ4n) is 2.58. The standard InChI is InChI=1S/C18H23N5O4S/c19-12-16(28-13-14-4-2-1-3-5-14)21-15(24)6-7-20-17(25)22-8-10-23(11-9-22)18(26)27/h1-5,16H,6-11,13H2,(H,20,25)(H,21,24)(H,26,27)/t16-/m1/s1. The largest absolute Gasteiger partial charge is 0.465 e. The van der Waals surface area contributed by atoms with Gasteiger partial charge in [-0.25, -0.2) is 9.59 Å². The van der Waals surface area contributed by atoms with Crippen molar-refractivity contribution in [1.82, 2.24) is 20.4 Å². The minimum Gasteiger partial charge on any atom is -0.465 e. The van der Waals surface area contributed by atoms with Crippen molar-refractivity contribution in [3.05, 3.63) is 35.9 Å². The summed E-state index contributed by atoms with van der Waals surface area (Å²) in [6.45, 7) is 1.32. The van der Waals surface area contributed by atoms with E-state index in [-0.39, 0.29) is 38.0 Å². The molecule has 10 heteroatoms. The van der Waals surface area contributed by atoms with E-state index >= 15 is 0 Å². The van der Waals surface area contributed by atoms with Gasteiger partial charge in [-0.3, -0.25) is 4.79 Å². The number of hydrogen-bond donors (Lipinski definition) is 3. The second kappa shape index (κ2) is 11.0. The topological polar surface area (TPSA) is 126 Å². The molecule has 1 aromatic rings. The maximum Gasteiger partial charge on any atom is 0.407 e. The SMILES string of the molecule is N#C[C@H](NC(=O)CCNC(=O)N1CCN(C(=O)O)CC1)SCc1ccccc1. The van der Waals surface area contributed by atoms with Crippen molar-refractivity contribution in [3.63, 3.8) is 0 Å². The van der Waals surface area contributed by atoms with Gasteiger partial charge in [0.1, 0.15) is 0 Å². The Hall–Kier alpha value is -2.93. The average molecular weight is 405 g/mol. The molecule has 3 N–H and O–H groups in total. The number of carboxylic acid groups (broad SMARTS) is 1. The van der Waals surface area contributed by atoms with Gasteiger partial charge in [0.15, 0.2) is 5.37 Å². The molecule has 1 fully saturated rings. The van der Waals surface area contributed by atoms with Gasteiger partial charge < -0.3 is 25.5 Å². The third-order valence-corrected chi connectivity index (χ3v) is 5.19. The monoisotopic (exact) mass is 405 g/mol. The number of nitrogens with zero attached hydrogens (tertiary/aromatic N) is 3. The molecule has 0 aromatic heterocycles. The Balaban J connectivity index is 1.64. The number of piperazine rings is 1. The molecule has 9 nitrogen and oxygen atoms in total. The first-order valence-corrected chi connectivity index (χ1v) is 9.89. The summed E-state index contributed by atoms with van der Waals surface area (Å²) in [7, 11) is 0. The van der Waals surface area contributed by atoms with Crippen LogP contribution in [0.5, 0.6) is 0 Å². The van der Waals surface area contributed by atoms with E-state index in [1.54, 1.807) is 0 Å². The normalized spacial score (nSPS) is 14.7. The van der Waals surface area contributed by atoms with Gasteiger partial charge in [-0.05, 0) is 5.56 Å². The molecular formula is C18H23N5O4S. The maximum atomic E-state index is 12.1. The van der Waals surface area contributed by atoms with Crippen LogP contribution in [0.15, 0.2) is 30.3 Å². The molecular weight excluding hydrogens is 382 g/mol. The van der Waals surface area contributed by atoms with Crippen LogP contribution in [-0.4, -0.2) is 71.0 Å². The molecule has 1 aliphatic heterocycles. The molecule has 0 spiro atoms. The van der Waals surface area contributed by atoms with Crippen LogP contribution in [0.4, 0.5) is 9.59 Å². The number of nitriles is 1. The first-order chi connectivity index (χ1) is 13.5. The molecule has 0 aliphatic carbocycles. The summed E-state index contributed by atoms with van der Waals surface area (Å²) in [5, 5.41) is 22.7. The second-order valence-electron chi connectivity index (χ2n) is 6.11. The van der Waals surface area contributed by atoms with Crippen LogP contribution in [0.25, 0.3) is 0 Å². The van der Waals surface area contributed by atoms with Crippen LogP contribution in [0, 0.1) is 11.3 Å². The Morgan fingerprint density at radius 2 is 1.79 bits per heavy atom. The quantitative estimate of drug-likeness (QED) is 0.587. The van der Waals surface area contributed by atoms with Gasteiger partial charge in [-0.15, -0.1) is 11.8 Å². The predicted octanol–water partition coefficient (Wildman–Crippen LogP) is 1.28. The molecule has 0 unspecified atom stereocenters. The van der Waals surface area contributed by atoms with Crippen LogP contribution in [0.3, 0.4) is 0 Å². The molecule has 0 bridgehead atoms. The van der Waals surface area contributed by atoms with Crippen molar-refractivity contribution in [1.29, 1.82) is 5.26 Å². The number of thioether (sulfide) groups is 1. The first-order valence-electron chi connectivity index (χ1n) is 8.84. The Morgan fingerprint density at radius 1 is 1.14 bits per heavy atom. The molecule has 0 saturated carbocycles. The minimum absolute atomic E-state index is 0.0604. The van der Waals surface area contributed by atoms with Gasteiger partial charge in [-0.2, -0.15) is 5.26 Å². The molecule has 1 aromatic carbocycles. The number of amides is 4. The minimum atomic E-state index is -0.992. The summed E-state index contributed by atoms with van der Waals surface area (Å²) in [5.41, 5.74) is 1.07. The lowest BCUT2D eigenvalue weighted by molar-refractivity contribution is -0.120. The van der Waals surface area contributed by atoms with Crippen LogP contribution >= 0.6 is 11.8 Å². The van der Waals surface area contributed by atoms with Crippen molar-refractivity contribution in [2.75, 3.05) is 32.7 Å². The molecule has 28 heavy (non-hydrogen) atoms. The van der Waals surface area contributed by atoms with Gasteiger partial charge in [0.05, 0.1) is 6.07 Å². The van der Waals surface area contributed by atoms with Crippen LogP contribution in [0.1, 0.15) is 12.0 Å². The number of rotatable bonds is 7. The summed E-state index contributed by atoms with van der Waals surface area (Å²) in [4.78, 5) is 37.7. The van der Waals surface area contributed by atoms with Gasteiger partial charge in [0, 0.05) is 44.9 Å². The van der Waals surface area contributed by atoms with Crippen molar-refractivity contribution in [3.8, 4) is 6.07 Å². The first kappa shape index (κ1) is 21.4. The maximum absolute atomic E-state index is 12.1. The number of hydrogen-bond acceptors (Lipinski definition) is 5. The van der Waals surface area contributed by atoms with Gasteiger partial charge in [-0.1, -0.05) is 30.3 Å². The highest BCUT2D eigenvalue weighted by Gasteiger charge is 2.23. The van der Waals surface area contributed by atoms with Gasteiger partial charge in [0.2, 0.25) is 5.91 Å². The zero-order valence-corrected chi connectivity index (χ0v) is 16.2. The van der Waals surface area contributed by atoms with Crippen molar-refractivity contribution in [2.24, 2.45) is 0 Å². The van der Waals surface area contributed by atoms with Crippen molar-refractivity contribution < 1.29 is 19.5 Å². The lowest BCUT2D eigenvalue weighted by atomic mass is 10.2. The van der Waals surface area contributed by atoms with E-state index < -0.39 is 11.5 Å². The average Bonchev–Trinajstić information content (AvgIpc) is 2.71. The summed E-state index contributed by atoms with van der Waals surface area (Å²) in [6, 6.07) is 11.4. The van der Waals surface area contributed by atoms with Gasteiger partial charge in [0.25, 0.3) is 0 Å². The number of benzene rings is 1. The predicted molar refractivity (Wildman–Crippen MR) is 104 cm³/mol. The Bertz CT molecular complexity index is 716. The molecule has 2 rings (SSSR count). The lowest BCUT2D eigenvalue weighted by Gasteiger charge is -2.33. The molecule has 1 saturated heterocycles. The zero-order chi connectivity index (χ0) is 20.4. The van der Waals surface area contributed by atoms with Crippen LogP contribution < -0.4 is 10.6 Å². The van der Waals surface area contributed by atoms with E-state index in [0.29, 0.717) is 18.8 Å². The number of urea groups is 1. The smallest absolute Gasteiger partial charge is 0.407 e. The molecule has 1 atom stereocenters. The molecule has 150 valence electrons. The van der Waals surface area contributed by atoms with E-state index in [1.165, 1.54) is 21.6 Å². The van der Waals surface area contributed by atoms with Crippen LogP contribution in [0.2, 0.25) is 0 Å². The summed E-state index contributed by atoms with van der Waals surface area (Å²) in [5.74, 6) is 0.293. The van der Waals surface area contributed by atoms with E-state index in [9.17, 15) is 19.6 Å². The molecule has 4 amide bonds. The van der Waals surface area contributed by atoms with Gasteiger partial charge >= 0.3 is 12.1 Å². The zero-order valence-electron chi connectivity index (χ0n) is 15.3.